The van der Waals surface area contributed by atoms with Gasteiger partial charge in [0.25, 0.3) is 0 Å². The Bertz CT molecular complexity index is 306. The molecule has 0 aliphatic rings. The van der Waals surface area contributed by atoms with E-state index in [4.69, 9.17) is 5.11 Å². The Morgan fingerprint density at radius 1 is 1.62 bits per heavy atom. The van der Waals surface area contributed by atoms with Crippen LogP contribution in [-0.2, 0) is 4.79 Å². The zero-order valence-electron chi connectivity index (χ0n) is 8.06. The van der Waals surface area contributed by atoms with Gasteiger partial charge in [-0.1, -0.05) is 0 Å². The molecular weight excluding hydrogens is 168 g/mol. The Morgan fingerprint density at radius 2 is 2.23 bits per heavy atom. The third-order valence-corrected chi connectivity index (χ3v) is 2.26. The lowest BCUT2D eigenvalue weighted by atomic mass is 10.1. The van der Waals surface area contributed by atoms with E-state index in [0.29, 0.717) is 0 Å². The molecule has 0 fully saturated rings. The number of hydrogen-bond acceptors (Lipinski definition) is 2. The van der Waals surface area contributed by atoms with Gasteiger partial charge < -0.3 is 5.11 Å². The minimum atomic E-state index is -0.791. The fraction of sp³-hybridized carbons (Fsp3) is 0.556. The summed E-state index contributed by atoms with van der Waals surface area (Å²) < 4.78 is 1.69. The molecule has 0 amide bonds. The molecule has 4 heteroatoms. The number of carbonyl (C=O) groups is 1. The van der Waals surface area contributed by atoms with Crippen LogP contribution in [-0.4, -0.2) is 20.9 Å². The van der Waals surface area contributed by atoms with Gasteiger partial charge in [0.05, 0.1) is 18.2 Å². The summed E-state index contributed by atoms with van der Waals surface area (Å²) in [5, 5.41) is 12.9. The number of aryl methyl sites for hydroxylation is 1. The van der Waals surface area contributed by atoms with Crippen molar-refractivity contribution in [1.82, 2.24) is 9.78 Å². The smallest absolute Gasteiger partial charge is 0.308 e. The lowest BCUT2D eigenvalue weighted by Gasteiger charge is -2.15. The van der Waals surface area contributed by atoms with Crippen LogP contribution in [0.25, 0.3) is 0 Å². The number of hydrogen-bond donors (Lipinski definition) is 1. The summed E-state index contributed by atoms with van der Waals surface area (Å²) >= 11 is 0. The molecule has 1 rings (SSSR count). The van der Waals surface area contributed by atoms with E-state index in [0.717, 1.165) is 5.56 Å². The summed E-state index contributed by atoms with van der Waals surface area (Å²) in [5.41, 5.74) is 1.05. The lowest BCUT2D eigenvalue weighted by molar-refractivity contribution is -0.142. The van der Waals surface area contributed by atoms with Gasteiger partial charge in [-0.15, -0.1) is 0 Å². The van der Waals surface area contributed by atoms with Crippen LogP contribution in [0.2, 0.25) is 0 Å². The van der Waals surface area contributed by atoms with E-state index in [-0.39, 0.29) is 6.04 Å². The summed E-state index contributed by atoms with van der Waals surface area (Å²) in [7, 11) is 0. The highest BCUT2D eigenvalue weighted by atomic mass is 16.4. The second-order valence-electron chi connectivity index (χ2n) is 3.37. The van der Waals surface area contributed by atoms with Crippen LogP contribution in [0.5, 0.6) is 0 Å². The van der Waals surface area contributed by atoms with Crippen LogP contribution < -0.4 is 0 Å². The molecule has 13 heavy (non-hydrogen) atoms. The van der Waals surface area contributed by atoms with Crippen molar-refractivity contribution in [2.45, 2.75) is 26.8 Å². The first kappa shape index (κ1) is 9.77. The minimum Gasteiger partial charge on any atom is -0.481 e. The molecule has 0 aromatic carbocycles. The Kier molecular flexibility index (Phi) is 2.70. The van der Waals surface area contributed by atoms with Gasteiger partial charge in [-0.05, 0) is 26.3 Å². The third kappa shape index (κ3) is 2.08. The zero-order chi connectivity index (χ0) is 10.0. The summed E-state index contributed by atoms with van der Waals surface area (Å²) in [4.78, 5) is 10.7. The normalized spacial score (nSPS) is 15.3. The molecule has 4 nitrogen and oxygen atoms in total. The number of aliphatic carboxylic acids is 1. The first-order chi connectivity index (χ1) is 6.02. The van der Waals surface area contributed by atoms with Gasteiger partial charge in [-0.3, -0.25) is 9.48 Å². The molecule has 1 heterocycles. The first-order valence-electron chi connectivity index (χ1n) is 4.26. The summed E-state index contributed by atoms with van der Waals surface area (Å²) in [6.07, 6.45) is 3.58. The first-order valence-corrected chi connectivity index (χ1v) is 4.26. The Morgan fingerprint density at radius 3 is 2.62 bits per heavy atom. The van der Waals surface area contributed by atoms with Gasteiger partial charge >= 0.3 is 5.97 Å². The van der Waals surface area contributed by atoms with Crippen molar-refractivity contribution in [3.05, 3.63) is 18.0 Å². The highest BCUT2D eigenvalue weighted by molar-refractivity contribution is 5.70. The summed E-state index contributed by atoms with van der Waals surface area (Å²) in [5.74, 6) is -1.21. The standard InChI is InChI=1S/C9H14N2O2/c1-6-4-10-11(5-6)8(3)7(2)9(12)13/h4-5,7-8H,1-3H3,(H,12,13). The zero-order valence-corrected chi connectivity index (χ0v) is 8.06. The van der Waals surface area contributed by atoms with Crippen molar-refractivity contribution < 1.29 is 9.90 Å². The molecule has 2 atom stereocenters. The van der Waals surface area contributed by atoms with Gasteiger partial charge in [-0.2, -0.15) is 5.10 Å². The van der Waals surface area contributed by atoms with Gasteiger partial charge in [-0.25, -0.2) is 0 Å². The van der Waals surface area contributed by atoms with Crippen LogP contribution in [0.3, 0.4) is 0 Å². The lowest BCUT2D eigenvalue weighted by Crippen LogP contribution is -2.21. The van der Waals surface area contributed by atoms with Crippen molar-refractivity contribution in [1.29, 1.82) is 0 Å². The highest BCUT2D eigenvalue weighted by Gasteiger charge is 2.20. The van der Waals surface area contributed by atoms with Crippen LogP contribution in [0.1, 0.15) is 25.5 Å². The van der Waals surface area contributed by atoms with Crippen molar-refractivity contribution in [3.8, 4) is 0 Å². The molecule has 1 N–H and O–H groups in total. The maximum atomic E-state index is 10.7. The number of carboxylic acids is 1. The Hall–Kier alpha value is -1.32. The Balaban J connectivity index is 2.78. The molecule has 0 saturated carbocycles. The highest BCUT2D eigenvalue weighted by Crippen LogP contribution is 2.16. The number of rotatable bonds is 3. The molecule has 0 saturated heterocycles. The topological polar surface area (TPSA) is 55.1 Å². The quantitative estimate of drug-likeness (QED) is 0.770. The van der Waals surface area contributed by atoms with E-state index in [1.54, 1.807) is 17.8 Å². The molecule has 0 spiro atoms. The van der Waals surface area contributed by atoms with E-state index in [2.05, 4.69) is 5.10 Å². The molecule has 0 bridgehead atoms. The molecule has 1 aromatic heterocycles. The van der Waals surface area contributed by atoms with Gasteiger partial charge in [0, 0.05) is 6.20 Å². The van der Waals surface area contributed by atoms with E-state index in [9.17, 15) is 4.79 Å². The molecule has 1 aromatic rings. The fourth-order valence-electron chi connectivity index (χ4n) is 1.09. The van der Waals surface area contributed by atoms with E-state index in [1.807, 2.05) is 20.0 Å². The minimum absolute atomic E-state index is 0.105. The summed E-state index contributed by atoms with van der Waals surface area (Å²) in [6, 6.07) is -0.105. The van der Waals surface area contributed by atoms with Crippen LogP contribution in [0.15, 0.2) is 12.4 Å². The maximum Gasteiger partial charge on any atom is 0.308 e. The summed E-state index contributed by atoms with van der Waals surface area (Å²) in [6.45, 7) is 5.47. The number of aromatic nitrogens is 2. The number of carboxylic acid groups (broad SMARTS) is 1. The van der Waals surface area contributed by atoms with Crippen LogP contribution in [0, 0.1) is 12.8 Å². The van der Waals surface area contributed by atoms with Gasteiger partial charge in [0.15, 0.2) is 0 Å². The van der Waals surface area contributed by atoms with Crippen LogP contribution in [0.4, 0.5) is 0 Å². The predicted octanol–water partition coefficient (Wildman–Crippen LogP) is 1.47. The molecule has 2 unspecified atom stereocenters. The predicted molar refractivity (Wildman–Crippen MR) is 48.5 cm³/mol. The average Bonchev–Trinajstić information content (AvgIpc) is 2.49. The van der Waals surface area contributed by atoms with E-state index in [1.165, 1.54) is 0 Å². The second-order valence-corrected chi connectivity index (χ2v) is 3.37. The molecule has 0 aliphatic carbocycles. The fourth-order valence-corrected chi connectivity index (χ4v) is 1.09. The SMILES string of the molecule is Cc1cnn(C(C)C(C)C(=O)O)c1. The van der Waals surface area contributed by atoms with Crippen LogP contribution >= 0.6 is 0 Å². The van der Waals surface area contributed by atoms with Crippen molar-refractivity contribution >= 4 is 5.97 Å². The van der Waals surface area contributed by atoms with E-state index >= 15 is 0 Å². The third-order valence-electron chi connectivity index (χ3n) is 2.26. The molecular formula is C9H14N2O2. The maximum absolute atomic E-state index is 10.7. The second kappa shape index (κ2) is 3.60. The van der Waals surface area contributed by atoms with Crippen molar-refractivity contribution in [2.24, 2.45) is 5.92 Å². The average molecular weight is 182 g/mol. The number of nitrogens with zero attached hydrogens (tertiary/aromatic N) is 2. The Labute approximate surface area is 77.2 Å². The van der Waals surface area contributed by atoms with Gasteiger partial charge in [0.1, 0.15) is 0 Å². The van der Waals surface area contributed by atoms with Crippen molar-refractivity contribution in [2.75, 3.05) is 0 Å². The largest absolute Gasteiger partial charge is 0.481 e. The molecule has 0 aliphatic heterocycles. The monoisotopic (exact) mass is 182 g/mol. The van der Waals surface area contributed by atoms with Crippen molar-refractivity contribution in [3.63, 3.8) is 0 Å². The van der Waals surface area contributed by atoms with E-state index < -0.39 is 11.9 Å². The molecule has 0 radical (unpaired) electrons. The van der Waals surface area contributed by atoms with Gasteiger partial charge in [0.2, 0.25) is 0 Å². The molecule has 72 valence electrons.